The van der Waals surface area contributed by atoms with Crippen LogP contribution in [-0.4, -0.2) is 50.2 Å². The molecule has 2 N–H and O–H groups in total. The van der Waals surface area contributed by atoms with Gasteiger partial charge in [-0.3, -0.25) is 9.89 Å². The van der Waals surface area contributed by atoms with Gasteiger partial charge < -0.3 is 15.4 Å². The Balaban J connectivity index is 2.39. The van der Waals surface area contributed by atoms with Crippen molar-refractivity contribution in [3.63, 3.8) is 0 Å². The summed E-state index contributed by atoms with van der Waals surface area (Å²) >= 11 is 0. The van der Waals surface area contributed by atoms with Crippen molar-refractivity contribution in [2.75, 3.05) is 27.2 Å². The molecule has 0 unspecified atom stereocenters. The fourth-order valence-corrected chi connectivity index (χ4v) is 3.04. The van der Waals surface area contributed by atoms with E-state index in [0.29, 0.717) is 12.1 Å². The lowest BCUT2D eigenvalue weighted by Gasteiger charge is -2.30. The molecule has 0 atom stereocenters. The first-order chi connectivity index (χ1) is 11.9. The SMILES string of the molecule is CN=C(NCCCN(C(C)C)C(C)C)NCc1ccc(OC)c(C)c1. The molecule has 0 aliphatic heterocycles. The minimum atomic E-state index is 0.579. The van der Waals surface area contributed by atoms with E-state index in [9.17, 15) is 0 Å². The van der Waals surface area contributed by atoms with Crippen LogP contribution in [0.4, 0.5) is 0 Å². The molecule has 5 heteroatoms. The fraction of sp³-hybridized carbons (Fsp3) is 0.650. The minimum Gasteiger partial charge on any atom is -0.496 e. The number of methoxy groups -OCH3 is 1. The van der Waals surface area contributed by atoms with Crippen LogP contribution in [-0.2, 0) is 6.54 Å². The lowest BCUT2D eigenvalue weighted by atomic mass is 10.1. The number of ether oxygens (including phenoxy) is 1. The third-order valence-electron chi connectivity index (χ3n) is 4.35. The van der Waals surface area contributed by atoms with Crippen molar-refractivity contribution >= 4 is 5.96 Å². The van der Waals surface area contributed by atoms with Crippen molar-refractivity contribution < 1.29 is 4.74 Å². The molecule has 0 bridgehead atoms. The van der Waals surface area contributed by atoms with Crippen LogP contribution < -0.4 is 15.4 Å². The number of hydrogen-bond acceptors (Lipinski definition) is 3. The van der Waals surface area contributed by atoms with E-state index in [0.717, 1.165) is 43.3 Å². The summed E-state index contributed by atoms with van der Waals surface area (Å²) in [5.74, 6) is 1.76. The highest BCUT2D eigenvalue weighted by Crippen LogP contribution is 2.18. The van der Waals surface area contributed by atoms with Crippen LogP contribution in [0.5, 0.6) is 5.75 Å². The van der Waals surface area contributed by atoms with Gasteiger partial charge >= 0.3 is 0 Å². The lowest BCUT2D eigenvalue weighted by Crippen LogP contribution is -2.41. The van der Waals surface area contributed by atoms with Gasteiger partial charge in [-0.25, -0.2) is 0 Å². The Labute approximate surface area is 153 Å². The number of aryl methyl sites for hydroxylation is 1. The van der Waals surface area contributed by atoms with Gasteiger partial charge in [-0.2, -0.15) is 0 Å². The highest BCUT2D eigenvalue weighted by atomic mass is 16.5. The molecule has 1 rings (SSSR count). The number of nitrogens with one attached hydrogen (secondary N) is 2. The molecule has 142 valence electrons. The number of aliphatic imine (C=N–C) groups is 1. The second-order valence-electron chi connectivity index (χ2n) is 6.94. The van der Waals surface area contributed by atoms with Gasteiger partial charge in [0.15, 0.2) is 5.96 Å². The summed E-state index contributed by atoms with van der Waals surface area (Å²) in [5.41, 5.74) is 2.36. The predicted octanol–water partition coefficient (Wildman–Crippen LogP) is 3.18. The second kappa shape index (κ2) is 11.0. The first-order valence-corrected chi connectivity index (χ1v) is 9.22. The van der Waals surface area contributed by atoms with E-state index in [-0.39, 0.29) is 0 Å². The lowest BCUT2D eigenvalue weighted by molar-refractivity contribution is 0.173. The molecule has 1 aromatic carbocycles. The molecule has 5 nitrogen and oxygen atoms in total. The van der Waals surface area contributed by atoms with Gasteiger partial charge in [0.2, 0.25) is 0 Å². The van der Waals surface area contributed by atoms with E-state index >= 15 is 0 Å². The Bertz CT molecular complexity index is 532. The third-order valence-corrected chi connectivity index (χ3v) is 4.35. The summed E-state index contributed by atoms with van der Waals surface area (Å²) in [6.45, 7) is 13.8. The van der Waals surface area contributed by atoms with Gasteiger partial charge in [0.05, 0.1) is 7.11 Å². The molecule has 0 fully saturated rings. The molecule has 25 heavy (non-hydrogen) atoms. The number of guanidine groups is 1. The Morgan fingerprint density at radius 1 is 1.16 bits per heavy atom. The number of nitrogens with zero attached hydrogens (tertiary/aromatic N) is 2. The molecule has 0 heterocycles. The van der Waals surface area contributed by atoms with Crippen LogP contribution in [0.2, 0.25) is 0 Å². The molecule has 0 aromatic heterocycles. The van der Waals surface area contributed by atoms with Crippen LogP contribution in [0, 0.1) is 6.92 Å². The van der Waals surface area contributed by atoms with Crippen molar-refractivity contribution in [1.82, 2.24) is 15.5 Å². The van der Waals surface area contributed by atoms with Gasteiger partial charge in [0.25, 0.3) is 0 Å². The largest absolute Gasteiger partial charge is 0.496 e. The molecule has 0 saturated heterocycles. The zero-order chi connectivity index (χ0) is 18.8. The monoisotopic (exact) mass is 348 g/mol. The fourth-order valence-electron chi connectivity index (χ4n) is 3.04. The molecule has 0 aliphatic carbocycles. The summed E-state index contributed by atoms with van der Waals surface area (Å²) in [7, 11) is 3.51. The molecule has 1 aromatic rings. The van der Waals surface area contributed by atoms with E-state index in [2.05, 4.69) is 67.3 Å². The van der Waals surface area contributed by atoms with Gasteiger partial charge in [-0.15, -0.1) is 0 Å². The molecule has 0 radical (unpaired) electrons. The minimum absolute atomic E-state index is 0.579. The van der Waals surface area contributed by atoms with E-state index < -0.39 is 0 Å². The van der Waals surface area contributed by atoms with Crippen molar-refractivity contribution in [3.8, 4) is 5.75 Å². The number of hydrogen-bond donors (Lipinski definition) is 2. The average molecular weight is 349 g/mol. The van der Waals surface area contributed by atoms with E-state index in [1.165, 1.54) is 5.56 Å². The Morgan fingerprint density at radius 2 is 1.84 bits per heavy atom. The van der Waals surface area contributed by atoms with Crippen LogP contribution in [0.25, 0.3) is 0 Å². The summed E-state index contributed by atoms with van der Waals surface area (Å²) < 4.78 is 5.30. The smallest absolute Gasteiger partial charge is 0.191 e. The standard InChI is InChI=1S/C20H36N4O/c1-15(2)24(16(3)4)12-8-11-22-20(21-6)23-14-18-9-10-19(25-7)17(5)13-18/h9-10,13,15-16H,8,11-12,14H2,1-7H3,(H2,21,22,23). The van der Waals surface area contributed by atoms with Gasteiger partial charge in [0, 0.05) is 38.8 Å². The van der Waals surface area contributed by atoms with Gasteiger partial charge in [0.1, 0.15) is 5.75 Å². The average Bonchev–Trinajstić information content (AvgIpc) is 2.56. The quantitative estimate of drug-likeness (QED) is 0.409. The zero-order valence-corrected chi connectivity index (χ0v) is 17.0. The maximum Gasteiger partial charge on any atom is 0.191 e. The summed E-state index contributed by atoms with van der Waals surface area (Å²) in [5, 5.41) is 6.77. The van der Waals surface area contributed by atoms with Gasteiger partial charge in [-0.1, -0.05) is 12.1 Å². The zero-order valence-electron chi connectivity index (χ0n) is 17.0. The summed E-state index contributed by atoms with van der Waals surface area (Å²) in [6, 6.07) is 7.39. The van der Waals surface area contributed by atoms with Crippen molar-refractivity contribution in [2.45, 2.75) is 59.7 Å². The highest BCUT2D eigenvalue weighted by Gasteiger charge is 2.12. The van der Waals surface area contributed by atoms with Crippen LogP contribution in [0.1, 0.15) is 45.2 Å². The summed E-state index contributed by atoms with van der Waals surface area (Å²) in [4.78, 5) is 6.81. The predicted molar refractivity (Wildman–Crippen MR) is 108 cm³/mol. The second-order valence-corrected chi connectivity index (χ2v) is 6.94. The Kier molecular flexibility index (Phi) is 9.35. The Morgan fingerprint density at radius 3 is 2.36 bits per heavy atom. The van der Waals surface area contributed by atoms with E-state index in [4.69, 9.17) is 4.74 Å². The maximum atomic E-state index is 5.30. The summed E-state index contributed by atoms with van der Waals surface area (Å²) in [6.07, 6.45) is 1.10. The Hall–Kier alpha value is -1.75. The topological polar surface area (TPSA) is 48.9 Å². The van der Waals surface area contributed by atoms with Gasteiger partial charge in [-0.05, 0) is 58.2 Å². The molecule has 0 saturated carbocycles. The normalized spacial score (nSPS) is 12.2. The van der Waals surface area contributed by atoms with Crippen molar-refractivity contribution in [1.29, 1.82) is 0 Å². The van der Waals surface area contributed by atoms with Crippen molar-refractivity contribution in [2.24, 2.45) is 4.99 Å². The molecular weight excluding hydrogens is 312 g/mol. The van der Waals surface area contributed by atoms with Crippen LogP contribution >= 0.6 is 0 Å². The first-order valence-electron chi connectivity index (χ1n) is 9.22. The van der Waals surface area contributed by atoms with Crippen LogP contribution in [0.15, 0.2) is 23.2 Å². The molecule has 0 spiro atoms. The number of benzene rings is 1. The van der Waals surface area contributed by atoms with Crippen molar-refractivity contribution in [3.05, 3.63) is 29.3 Å². The first kappa shape index (κ1) is 21.3. The van der Waals surface area contributed by atoms with Crippen LogP contribution in [0.3, 0.4) is 0 Å². The molecule has 0 amide bonds. The van der Waals surface area contributed by atoms with E-state index in [1.54, 1.807) is 7.11 Å². The number of rotatable bonds is 9. The highest BCUT2D eigenvalue weighted by molar-refractivity contribution is 5.79. The molecule has 0 aliphatic rings. The van der Waals surface area contributed by atoms with E-state index in [1.807, 2.05) is 13.1 Å². The molecular formula is C20H36N4O. The third kappa shape index (κ3) is 7.34. The maximum absolute atomic E-state index is 5.30.